The monoisotopic (exact) mass is 271 g/mol. The lowest BCUT2D eigenvalue weighted by Gasteiger charge is -2.08. The van der Waals surface area contributed by atoms with Gasteiger partial charge in [0.05, 0.1) is 5.69 Å². The molecule has 3 rings (SSSR count). The summed E-state index contributed by atoms with van der Waals surface area (Å²) < 4.78 is 7.86. The Morgan fingerprint density at radius 2 is 2.15 bits per heavy atom. The maximum absolute atomic E-state index is 6.01. The van der Waals surface area contributed by atoms with Crippen molar-refractivity contribution < 1.29 is 4.74 Å². The van der Waals surface area contributed by atoms with E-state index in [1.54, 1.807) is 0 Å². The second-order valence-electron chi connectivity index (χ2n) is 5.53. The largest absolute Gasteiger partial charge is 0.453 e. The third kappa shape index (κ3) is 2.85. The highest BCUT2D eigenvalue weighted by Gasteiger charge is 2.20. The molecule has 4 heteroatoms. The van der Waals surface area contributed by atoms with E-state index < -0.39 is 0 Å². The van der Waals surface area contributed by atoms with E-state index in [4.69, 9.17) is 4.74 Å². The molecule has 0 radical (unpaired) electrons. The average molecular weight is 271 g/mol. The molecule has 0 atom stereocenters. The molecule has 0 saturated heterocycles. The summed E-state index contributed by atoms with van der Waals surface area (Å²) in [6, 6.07) is 8.99. The van der Waals surface area contributed by atoms with Crippen LogP contribution in [-0.2, 0) is 13.6 Å². The fourth-order valence-electron chi connectivity index (χ4n) is 2.29. The molecule has 106 valence electrons. The highest BCUT2D eigenvalue weighted by Crippen LogP contribution is 2.28. The zero-order valence-electron chi connectivity index (χ0n) is 12.3. The molecule has 1 aliphatic rings. The maximum atomic E-state index is 6.01. The van der Waals surface area contributed by atoms with Gasteiger partial charge in [-0.3, -0.25) is 4.68 Å². The van der Waals surface area contributed by atoms with Gasteiger partial charge >= 0.3 is 0 Å². The van der Waals surface area contributed by atoms with Crippen molar-refractivity contribution in [2.45, 2.75) is 39.3 Å². The first-order chi connectivity index (χ1) is 9.63. The van der Waals surface area contributed by atoms with Crippen LogP contribution in [0.5, 0.6) is 11.5 Å². The Labute approximate surface area is 119 Å². The van der Waals surface area contributed by atoms with E-state index >= 15 is 0 Å². The van der Waals surface area contributed by atoms with Gasteiger partial charge < -0.3 is 10.1 Å². The Balaban J connectivity index is 1.74. The Kier molecular flexibility index (Phi) is 3.49. The lowest BCUT2D eigenvalue weighted by molar-refractivity contribution is 0.473. The van der Waals surface area contributed by atoms with Crippen LogP contribution in [0.4, 0.5) is 0 Å². The van der Waals surface area contributed by atoms with Gasteiger partial charge in [-0.15, -0.1) is 0 Å². The molecule has 0 spiro atoms. The van der Waals surface area contributed by atoms with Crippen molar-refractivity contribution in [2.75, 3.05) is 0 Å². The molecule has 1 saturated carbocycles. The van der Waals surface area contributed by atoms with Gasteiger partial charge in [-0.05, 0) is 44.4 Å². The predicted octanol–water partition coefficient (Wildman–Crippen LogP) is 3.08. The molecular formula is C16H21N3O. The number of rotatable bonds is 5. The Morgan fingerprint density at radius 3 is 2.80 bits per heavy atom. The first-order valence-electron chi connectivity index (χ1n) is 7.14. The summed E-state index contributed by atoms with van der Waals surface area (Å²) in [5.41, 5.74) is 3.23. The van der Waals surface area contributed by atoms with E-state index in [1.165, 1.54) is 18.4 Å². The summed E-state index contributed by atoms with van der Waals surface area (Å²) in [4.78, 5) is 0. The van der Waals surface area contributed by atoms with E-state index in [9.17, 15) is 0 Å². The number of nitrogens with one attached hydrogen (secondary N) is 1. The lowest BCUT2D eigenvalue weighted by atomic mass is 10.2. The Bertz CT molecular complexity index is 614. The third-order valence-corrected chi connectivity index (χ3v) is 3.73. The quantitative estimate of drug-likeness (QED) is 0.908. The average Bonchev–Trinajstić information content (AvgIpc) is 3.22. The fourth-order valence-corrected chi connectivity index (χ4v) is 2.29. The van der Waals surface area contributed by atoms with Crippen LogP contribution in [-0.4, -0.2) is 15.8 Å². The summed E-state index contributed by atoms with van der Waals surface area (Å²) in [5.74, 6) is 1.74. The Morgan fingerprint density at radius 1 is 1.35 bits per heavy atom. The molecule has 1 fully saturated rings. The van der Waals surface area contributed by atoms with Crippen LogP contribution in [0.15, 0.2) is 24.3 Å². The van der Waals surface area contributed by atoms with E-state index in [0.717, 1.165) is 35.5 Å². The lowest BCUT2D eigenvalue weighted by Crippen LogP contribution is -2.15. The summed E-state index contributed by atoms with van der Waals surface area (Å²) in [5, 5.41) is 7.90. The fraction of sp³-hybridized carbons (Fsp3) is 0.438. The van der Waals surface area contributed by atoms with E-state index in [1.807, 2.05) is 37.7 Å². The van der Waals surface area contributed by atoms with Gasteiger partial charge in [-0.2, -0.15) is 5.10 Å². The van der Waals surface area contributed by atoms with Crippen molar-refractivity contribution in [3.05, 3.63) is 41.2 Å². The van der Waals surface area contributed by atoms with Crippen molar-refractivity contribution in [3.8, 4) is 11.5 Å². The Hall–Kier alpha value is -1.81. The molecule has 20 heavy (non-hydrogen) atoms. The highest BCUT2D eigenvalue weighted by molar-refractivity contribution is 5.38. The van der Waals surface area contributed by atoms with Crippen molar-refractivity contribution in [2.24, 2.45) is 7.05 Å². The maximum Gasteiger partial charge on any atom is 0.171 e. The van der Waals surface area contributed by atoms with Crippen molar-refractivity contribution >= 4 is 0 Å². The number of benzene rings is 1. The molecule has 1 aromatic carbocycles. The molecule has 0 bridgehead atoms. The molecule has 1 heterocycles. The summed E-state index contributed by atoms with van der Waals surface area (Å²) in [7, 11) is 1.94. The van der Waals surface area contributed by atoms with Gasteiger partial charge in [0.15, 0.2) is 5.75 Å². The molecular weight excluding hydrogens is 250 g/mol. The normalized spacial score (nSPS) is 14.6. The number of hydrogen-bond donors (Lipinski definition) is 1. The van der Waals surface area contributed by atoms with Crippen molar-refractivity contribution in [3.63, 3.8) is 0 Å². The summed E-state index contributed by atoms with van der Waals surface area (Å²) >= 11 is 0. The molecule has 0 aliphatic heterocycles. The smallest absolute Gasteiger partial charge is 0.171 e. The van der Waals surface area contributed by atoms with Crippen molar-refractivity contribution in [1.29, 1.82) is 0 Å². The third-order valence-electron chi connectivity index (χ3n) is 3.73. The SMILES string of the molecule is Cc1nn(C)c(C)c1Oc1cccc(CNC2CC2)c1. The van der Waals surface area contributed by atoms with Crippen LogP contribution in [0.3, 0.4) is 0 Å². The predicted molar refractivity (Wildman–Crippen MR) is 79.1 cm³/mol. The standard InChI is InChI=1S/C16H21N3O/c1-11-16(12(2)19(3)18-11)20-15-6-4-5-13(9-15)10-17-14-7-8-14/h4-6,9,14,17H,7-8,10H2,1-3H3. The number of aryl methyl sites for hydroxylation is 2. The molecule has 0 unspecified atom stereocenters. The molecule has 1 aromatic heterocycles. The van der Waals surface area contributed by atoms with E-state index in [-0.39, 0.29) is 0 Å². The number of ether oxygens (including phenoxy) is 1. The molecule has 1 aliphatic carbocycles. The number of hydrogen-bond acceptors (Lipinski definition) is 3. The minimum absolute atomic E-state index is 0.724. The van der Waals surface area contributed by atoms with E-state index in [0.29, 0.717) is 0 Å². The van der Waals surface area contributed by atoms with Crippen LogP contribution < -0.4 is 10.1 Å². The van der Waals surface area contributed by atoms with Crippen LogP contribution in [0.2, 0.25) is 0 Å². The molecule has 4 nitrogen and oxygen atoms in total. The van der Waals surface area contributed by atoms with Gasteiger partial charge in [-0.1, -0.05) is 12.1 Å². The van der Waals surface area contributed by atoms with Crippen LogP contribution >= 0.6 is 0 Å². The topological polar surface area (TPSA) is 39.1 Å². The highest BCUT2D eigenvalue weighted by atomic mass is 16.5. The van der Waals surface area contributed by atoms with Gasteiger partial charge in [0.25, 0.3) is 0 Å². The zero-order valence-corrected chi connectivity index (χ0v) is 12.3. The van der Waals surface area contributed by atoms with Gasteiger partial charge in [0, 0.05) is 19.6 Å². The zero-order chi connectivity index (χ0) is 14.1. The molecule has 1 N–H and O–H groups in total. The second-order valence-corrected chi connectivity index (χ2v) is 5.53. The molecule has 2 aromatic rings. The number of nitrogens with zero attached hydrogens (tertiary/aromatic N) is 2. The first-order valence-corrected chi connectivity index (χ1v) is 7.14. The second kappa shape index (κ2) is 5.29. The van der Waals surface area contributed by atoms with Gasteiger partial charge in [0.2, 0.25) is 0 Å². The first kappa shape index (κ1) is 13.2. The van der Waals surface area contributed by atoms with E-state index in [2.05, 4.69) is 22.5 Å². The van der Waals surface area contributed by atoms with Crippen LogP contribution in [0.25, 0.3) is 0 Å². The van der Waals surface area contributed by atoms with Crippen molar-refractivity contribution in [1.82, 2.24) is 15.1 Å². The molecule has 0 amide bonds. The van der Waals surface area contributed by atoms with Gasteiger partial charge in [0.1, 0.15) is 11.4 Å². The van der Waals surface area contributed by atoms with Gasteiger partial charge in [-0.25, -0.2) is 0 Å². The van der Waals surface area contributed by atoms with Crippen LogP contribution in [0.1, 0.15) is 29.8 Å². The minimum Gasteiger partial charge on any atom is -0.453 e. The number of aromatic nitrogens is 2. The summed E-state index contributed by atoms with van der Waals surface area (Å²) in [6.07, 6.45) is 2.62. The minimum atomic E-state index is 0.724. The summed E-state index contributed by atoms with van der Waals surface area (Å²) in [6.45, 7) is 4.90. The van der Waals surface area contributed by atoms with Crippen LogP contribution in [0, 0.1) is 13.8 Å².